The van der Waals surface area contributed by atoms with Gasteiger partial charge in [-0.3, -0.25) is 9.59 Å². The molecule has 1 aliphatic heterocycles. The van der Waals surface area contributed by atoms with Gasteiger partial charge in [-0.05, 0) is 42.0 Å². The highest BCUT2D eigenvalue weighted by Gasteiger charge is 2.33. The molecule has 1 fully saturated rings. The second kappa shape index (κ2) is 6.70. The van der Waals surface area contributed by atoms with Crippen LogP contribution in [0, 0.1) is 11.7 Å². The van der Waals surface area contributed by atoms with E-state index in [0.29, 0.717) is 24.6 Å². The maximum Gasteiger partial charge on any atom is 0.227 e. The Bertz CT molecular complexity index is 744. The first-order valence-corrected chi connectivity index (χ1v) is 7.60. The normalized spacial score (nSPS) is 17.1. The van der Waals surface area contributed by atoms with E-state index in [1.165, 1.54) is 12.1 Å². The fraction of sp³-hybridized carbons (Fsp3) is 0.222. The van der Waals surface area contributed by atoms with Crippen molar-refractivity contribution in [3.8, 4) is 5.75 Å². The number of primary amides is 1. The first kappa shape index (κ1) is 16.0. The number of ether oxygens (including phenoxy) is 1. The zero-order valence-electron chi connectivity index (χ0n) is 12.9. The number of hydrogen-bond acceptors (Lipinski definition) is 3. The van der Waals surface area contributed by atoms with Gasteiger partial charge in [0.15, 0.2) is 0 Å². The SMILES string of the molecule is NC(=O)[C@@H]1CC(=O)N(c2ccc(OCc3ccc(F)cc3)cc2)C1. The summed E-state index contributed by atoms with van der Waals surface area (Å²) in [6.45, 7) is 0.635. The Morgan fingerprint density at radius 3 is 2.42 bits per heavy atom. The van der Waals surface area contributed by atoms with Gasteiger partial charge in [-0.15, -0.1) is 0 Å². The Hall–Kier alpha value is -2.89. The summed E-state index contributed by atoms with van der Waals surface area (Å²) in [6.07, 6.45) is 0.151. The predicted molar refractivity (Wildman–Crippen MR) is 86.8 cm³/mol. The summed E-state index contributed by atoms with van der Waals surface area (Å²) < 4.78 is 18.5. The largest absolute Gasteiger partial charge is 0.489 e. The molecule has 0 aromatic heterocycles. The molecule has 1 heterocycles. The molecule has 0 spiro atoms. The van der Waals surface area contributed by atoms with Crippen LogP contribution in [0.25, 0.3) is 0 Å². The van der Waals surface area contributed by atoms with Crippen LogP contribution in [0.15, 0.2) is 48.5 Å². The first-order valence-electron chi connectivity index (χ1n) is 7.60. The summed E-state index contributed by atoms with van der Waals surface area (Å²) in [4.78, 5) is 24.7. The minimum absolute atomic E-state index is 0.112. The zero-order valence-corrected chi connectivity index (χ0v) is 12.9. The smallest absolute Gasteiger partial charge is 0.227 e. The molecule has 24 heavy (non-hydrogen) atoms. The lowest BCUT2D eigenvalue weighted by Crippen LogP contribution is -2.28. The van der Waals surface area contributed by atoms with Crippen molar-refractivity contribution in [3.63, 3.8) is 0 Å². The maximum absolute atomic E-state index is 12.8. The average molecular weight is 328 g/mol. The van der Waals surface area contributed by atoms with Gasteiger partial charge in [0, 0.05) is 18.7 Å². The van der Waals surface area contributed by atoms with Gasteiger partial charge in [0.1, 0.15) is 18.2 Å². The van der Waals surface area contributed by atoms with E-state index in [1.54, 1.807) is 41.3 Å². The first-order chi connectivity index (χ1) is 11.5. The molecule has 2 aromatic carbocycles. The number of rotatable bonds is 5. The molecule has 1 saturated heterocycles. The van der Waals surface area contributed by atoms with Crippen molar-refractivity contribution in [2.75, 3.05) is 11.4 Å². The van der Waals surface area contributed by atoms with E-state index in [9.17, 15) is 14.0 Å². The van der Waals surface area contributed by atoms with Crippen LogP contribution >= 0.6 is 0 Å². The van der Waals surface area contributed by atoms with Crippen molar-refractivity contribution >= 4 is 17.5 Å². The van der Waals surface area contributed by atoms with Crippen LogP contribution in [0.4, 0.5) is 10.1 Å². The second-order valence-corrected chi connectivity index (χ2v) is 5.72. The second-order valence-electron chi connectivity index (χ2n) is 5.72. The lowest BCUT2D eigenvalue weighted by molar-refractivity contribution is -0.123. The topological polar surface area (TPSA) is 72.6 Å². The standard InChI is InChI=1S/C18H17FN2O3/c19-14-3-1-12(2-4-14)11-24-16-7-5-15(6-8-16)21-10-13(18(20)23)9-17(21)22/h1-8,13H,9-11H2,(H2,20,23)/t13-/m1/s1. The fourth-order valence-electron chi connectivity index (χ4n) is 2.62. The van der Waals surface area contributed by atoms with Gasteiger partial charge in [0.2, 0.25) is 11.8 Å². The summed E-state index contributed by atoms with van der Waals surface area (Å²) in [7, 11) is 0. The van der Waals surface area contributed by atoms with Crippen molar-refractivity contribution in [3.05, 3.63) is 59.9 Å². The Kier molecular flexibility index (Phi) is 4.46. The van der Waals surface area contributed by atoms with Crippen molar-refractivity contribution in [2.24, 2.45) is 11.7 Å². The molecule has 0 radical (unpaired) electrons. The number of carbonyl (C=O) groups excluding carboxylic acids is 2. The molecule has 1 atom stereocenters. The molecule has 2 aromatic rings. The van der Waals surface area contributed by atoms with Crippen LogP contribution in [0.1, 0.15) is 12.0 Å². The van der Waals surface area contributed by atoms with Gasteiger partial charge in [-0.1, -0.05) is 12.1 Å². The predicted octanol–water partition coefficient (Wildman–Crippen LogP) is 2.24. The molecule has 0 unspecified atom stereocenters. The van der Waals surface area contributed by atoms with Crippen molar-refractivity contribution in [1.82, 2.24) is 0 Å². The molecular formula is C18H17FN2O3. The van der Waals surface area contributed by atoms with Crippen molar-refractivity contribution in [2.45, 2.75) is 13.0 Å². The summed E-state index contributed by atoms with van der Waals surface area (Å²) in [5, 5.41) is 0. The Morgan fingerprint density at radius 1 is 1.17 bits per heavy atom. The van der Waals surface area contributed by atoms with E-state index >= 15 is 0 Å². The average Bonchev–Trinajstić information content (AvgIpc) is 2.97. The Balaban J connectivity index is 1.62. The lowest BCUT2D eigenvalue weighted by atomic mass is 10.1. The van der Waals surface area contributed by atoms with E-state index in [4.69, 9.17) is 10.5 Å². The Labute approximate surface area is 138 Å². The quantitative estimate of drug-likeness (QED) is 0.915. The van der Waals surface area contributed by atoms with E-state index in [2.05, 4.69) is 0 Å². The number of carbonyl (C=O) groups is 2. The number of benzene rings is 2. The van der Waals surface area contributed by atoms with Gasteiger partial charge in [-0.25, -0.2) is 4.39 Å². The minimum Gasteiger partial charge on any atom is -0.489 e. The van der Waals surface area contributed by atoms with E-state index in [1.807, 2.05) is 0 Å². The highest BCUT2D eigenvalue weighted by Crippen LogP contribution is 2.27. The van der Waals surface area contributed by atoms with Crippen LogP contribution in [0.5, 0.6) is 5.75 Å². The highest BCUT2D eigenvalue weighted by molar-refractivity contribution is 6.00. The molecule has 5 nitrogen and oxygen atoms in total. The molecule has 0 bridgehead atoms. The third-order valence-electron chi connectivity index (χ3n) is 3.99. The number of hydrogen-bond donors (Lipinski definition) is 1. The summed E-state index contributed by atoms with van der Waals surface area (Å²) in [5.41, 5.74) is 6.83. The molecule has 6 heteroatoms. The number of anilines is 1. The highest BCUT2D eigenvalue weighted by atomic mass is 19.1. The summed E-state index contributed by atoms with van der Waals surface area (Å²) >= 11 is 0. The van der Waals surface area contributed by atoms with E-state index in [-0.39, 0.29) is 18.1 Å². The third-order valence-corrected chi connectivity index (χ3v) is 3.99. The fourth-order valence-corrected chi connectivity index (χ4v) is 2.62. The minimum atomic E-state index is -0.454. The molecule has 0 aliphatic carbocycles. The van der Waals surface area contributed by atoms with Crippen LogP contribution < -0.4 is 15.4 Å². The molecule has 124 valence electrons. The van der Waals surface area contributed by atoms with Gasteiger partial charge in [0.25, 0.3) is 0 Å². The van der Waals surface area contributed by atoms with E-state index in [0.717, 1.165) is 5.56 Å². The monoisotopic (exact) mass is 328 g/mol. The lowest BCUT2D eigenvalue weighted by Gasteiger charge is -2.16. The van der Waals surface area contributed by atoms with Crippen molar-refractivity contribution < 1.29 is 18.7 Å². The van der Waals surface area contributed by atoms with E-state index < -0.39 is 11.8 Å². The van der Waals surface area contributed by atoms with Crippen LogP contribution in [-0.4, -0.2) is 18.4 Å². The van der Waals surface area contributed by atoms with Gasteiger partial charge < -0.3 is 15.4 Å². The van der Waals surface area contributed by atoms with Crippen LogP contribution in [0.2, 0.25) is 0 Å². The molecule has 3 rings (SSSR count). The van der Waals surface area contributed by atoms with Crippen LogP contribution in [0.3, 0.4) is 0 Å². The van der Waals surface area contributed by atoms with Crippen molar-refractivity contribution in [1.29, 1.82) is 0 Å². The summed E-state index contributed by atoms with van der Waals surface area (Å²) in [5.74, 6) is -0.649. The third kappa shape index (κ3) is 3.53. The van der Waals surface area contributed by atoms with Gasteiger partial charge in [-0.2, -0.15) is 0 Å². The number of nitrogens with zero attached hydrogens (tertiary/aromatic N) is 1. The number of amides is 2. The van der Waals surface area contributed by atoms with Crippen LogP contribution in [-0.2, 0) is 16.2 Å². The number of nitrogens with two attached hydrogens (primary N) is 1. The molecule has 1 aliphatic rings. The summed E-state index contributed by atoms with van der Waals surface area (Å²) in [6, 6.07) is 13.1. The Morgan fingerprint density at radius 2 is 1.83 bits per heavy atom. The van der Waals surface area contributed by atoms with Gasteiger partial charge in [0.05, 0.1) is 5.92 Å². The van der Waals surface area contributed by atoms with Gasteiger partial charge >= 0.3 is 0 Å². The molecular weight excluding hydrogens is 311 g/mol. The number of halogens is 1. The molecule has 2 amide bonds. The zero-order chi connectivity index (χ0) is 17.1. The maximum atomic E-state index is 12.8. The molecule has 2 N–H and O–H groups in total. The molecule has 0 saturated carbocycles.